The average molecular weight is 394 g/mol. The summed E-state index contributed by atoms with van der Waals surface area (Å²) in [6, 6.07) is 18.7. The summed E-state index contributed by atoms with van der Waals surface area (Å²) in [7, 11) is 0. The number of imidazole rings is 1. The molecule has 4 nitrogen and oxygen atoms in total. The predicted octanol–water partition coefficient (Wildman–Crippen LogP) is 5.16. The third kappa shape index (κ3) is 2.60. The van der Waals surface area contributed by atoms with Gasteiger partial charge in [-0.2, -0.15) is 0 Å². The molecule has 0 saturated carbocycles. The fourth-order valence-corrected chi connectivity index (χ4v) is 3.77. The molecule has 27 heavy (non-hydrogen) atoms. The summed E-state index contributed by atoms with van der Waals surface area (Å²) in [6.07, 6.45) is 1.79. The molecule has 3 aromatic heterocycles. The first-order valence-electron chi connectivity index (χ1n) is 8.45. The van der Waals surface area contributed by atoms with Crippen molar-refractivity contribution in [3.8, 4) is 0 Å². The lowest BCUT2D eigenvalue weighted by atomic mass is 10.1. The molecule has 5 rings (SSSR count). The van der Waals surface area contributed by atoms with Crippen molar-refractivity contribution in [1.82, 2.24) is 14.0 Å². The number of aromatic nitrogens is 3. The lowest BCUT2D eigenvalue weighted by Gasteiger charge is -2.11. The zero-order valence-corrected chi connectivity index (χ0v) is 15.6. The molecular weight excluding hydrogens is 381 g/mol. The molecular formula is C21H13Cl2N3O. The maximum absolute atomic E-state index is 13.3. The van der Waals surface area contributed by atoms with Crippen molar-refractivity contribution in [2.75, 3.05) is 0 Å². The fourth-order valence-electron chi connectivity index (χ4n) is 3.48. The first-order chi connectivity index (χ1) is 13.1. The van der Waals surface area contributed by atoms with E-state index in [0.717, 1.165) is 27.8 Å². The van der Waals surface area contributed by atoms with Gasteiger partial charge >= 0.3 is 0 Å². The molecule has 2 aromatic carbocycles. The molecule has 132 valence electrons. The molecule has 0 atom stereocenters. The Morgan fingerprint density at radius 2 is 1.56 bits per heavy atom. The Balaban J connectivity index is 1.92. The van der Waals surface area contributed by atoms with Gasteiger partial charge in [0.05, 0.1) is 11.6 Å². The summed E-state index contributed by atoms with van der Waals surface area (Å²) >= 11 is 12.2. The number of nitrogens with zero attached hydrogens (tertiary/aromatic N) is 3. The van der Waals surface area contributed by atoms with Crippen molar-refractivity contribution in [1.29, 1.82) is 0 Å². The highest BCUT2D eigenvalue weighted by Crippen LogP contribution is 2.25. The molecule has 0 bridgehead atoms. The number of hydrogen-bond acceptors (Lipinski definition) is 2. The van der Waals surface area contributed by atoms with E-state index in [1.54, 1.807) is 16.8 Å². The molecule has 0 saturated heterocycles. The van der Waals surface area contributed by atoms with E-state index in [0.29, 0.717) is 22.0 Å². The van der Waals surface area contributed by atoms with E-state index < -0.39 is 0 Å². The maximum atomic E-state index is 13.3. The van der Waals surface area contributed by atoms with Crippen LogP contribution in [0.4, 0.5) is 0 Å². The van der Waals surface area contributed by atoms with Gasteiger partial charge in [0.25, 0.3) is 5.56 Å². The highest BCUT2D eigenvalue weighted by molar-refractivity contribution is 6.30. The Hall–Kier alpha value is -2.82. The minimum Gasteiger partial charge on any atom is -0.287 e. The van der Waals surface area contributed by atoms with E-state index >= 15 is 0 Å². The van der Waals surface area contributed by atoms with Crippen molar-refractivity contribution in [2.24, 2.45) is 0 Å². The Kier molecular flexibility index (Phi) is 3.71. The largest absolute Gasteiger partial charge is 0.287 e. The van der Waals surface area contributed by atoms with Crippen LogP contribution in [0.1, 0.15) is 5.56 Å². The number of fused-ring (bicyclic) bond motifs is 5. The van der Waals surface area contributed by atoms with Gasteiger partial charge in [-0.1, -0.05) is 53.5 Å². The predicted molar refractivity (Wildman–Crippen MR) is 110 cm³/mol. The Morgan fingerprint density at radius 3 is 2.33 bits per heavy atom. The molecule has 3 heterocycles. The first kappa shape index (κ1) is 16.4. The second-order valence-electron chi connectivity index (χ2n) is 6.42. The summed E-state index contributed by atoms with van der Waals surface area (Å²) in [6.45, 7) is 0.414. The molecule has 0 N–H and O–H groups in total. The summed E-state index contributed by atoms with van der Waals surface area (Å²) in [5.74, 6) is 0. The smallest absolute Gasteiger partial charge is 0.260 e. The van der Waals surface area contributed by atoms with E-state index in [-0.39, 0.29) is 5.56 Å². The van der Waals surface area contributed by atoms with Gasteiger partial charge in [0.1, 0.15) is 16.8 Å². The molecule has 0 aliphatic carbocycles. The Morgan fingerprint density at radius 1 is 0.852 bits per heavy atom. The zero-order chi connectivity index (χ0) is 18.5. The van der Waals surface area contributed by atoms with Crippen molar-refractivity contribution in [3.05, 3.63) is 92.8 Å². The molecule has 0 fully saturated rings. The van der Waals surface area contributed by atoms with Crippen LogP contribution in [0.15, 0.2) is 71.7 Å². The van der Waals surface area contributed by atoms with Crippen LogP contribution < -0.4 is 5.56 Å². The maximum Gasteiger partial charge on any atom is 0.260 e. The highest BCUT2D eigenvalue weighted by Gasteiger charge is 2.16. The van der Waals surface area contributed by atoms with Gasteiger partial charge in [-0.25, -0.2) is 4.98 Å². The summed E-state index contributed by atoms with van der Waals surface area (Å²) in [5, 5.41) is 2.73. The standard InChI is InChI=1S/C21H13Cl2N3O/c22-14-7-5-13(6-8-14)11-26-20-19(16-3-1-2-4-17(16)21(26)27)24-18-10-9-15(23)12-25(18)20/h1-10,12H,11H2. The van der Waals surface area contributed by atoms with E-state index in [4.69, 9.17) is 28.2 Å². The topological polar surface area (TPSA) is 39.3 Å². The van der Waals surface area contributed by atoms with E-state index in [1.807, 2.05) is 59.0 Å². The van der Waals surface area contributed by atoms with Crippen LogP contribution in [0, 0.1) is 0 Å². The number of rotatable bonds is 2. The second-order valence-corrected chi connectivity index (χ2v) is 7.30. The van der Waals surface area contributed by atoms with Crippen LogP contribution in [0.25, 0.3) is 27.6 Å². The summed E-state index contributed by atoms with van der Waals surface area (Å²) in [4.78, 5) is 18.1. The summed E-state index contributed by atoms with van der Waals surface area (Å²) in [5.41, 5.74) is 3.17. The zero-order valence-electron chi connectivity index (χ0n) is 14.1. The van der Waals surface area contributed by atoms with Crippen LogP contribution in [-0.4, -0.2) is 14.0 Å². The normalized spacial score (nSPS) is 11.6. The minimum atomic E-state index is -0.0603. The molecule has 5 aromatic rings. The van der Waals surface area contributed by atoms with Crippen LogP contribution in [0.2, 0.25) is 10.0 Å². The van der Waals surface area contributed by atoms with Crippen molar-refractivity contribution in [2.45, 2.75) is 6.54 Å². The summed E-state index contributed by atoms with van der Waals surface area (Å²) < 4.78 is 3.62. The Labute approximate surface area is 164 Å². The van der Waals surface area contributed by atoms with Gasteiger partial charge in [0.15, 0.2) is 0 Å². The van der Waals surface area contributed by atoms with Gasteiger partial charge < -0.3 is 0 Å². The number of pyridine rings is 2. The lowest BCUT2D eigenvalue weighted by molar-refractivity contribution is 0.787. The van der Waals surface area contributed by atoms with Crippen LogP contribution in [0.5, 0.6) is 0 Å². The van der Waals surface area contributed by atoms with Gasteiger partial charge in [0, 0.05) is 22.0 Å². The molecule has 6 heteroatoms. The Bertz CT molecular complexity index is 1380. The molecule has 0 radical (unpaired) electrons. The van der Waals surface area contributed by atoms with Crippen molar-refractivity contribution >= 4 is 50.8 Å². The van der Waals surface area contributed by atoms with Crippen molar-refractivity contribution < 1.29 is 0 Å². The fraction of sp³-hybridized carbons (Fsp3) is 0.0476. The second kappa shape index (κ2) is 6.12. The average Bonchev–Trinajstić information content (AvgIpc) is 3.05. The third-order valence-corrected chi connectivity index (χ3v) is 5.20. The number of hydrogen-bond donors (Lipinski definition) is 0. The van der Waals surface area contributed by atoms with E-state index in [2.05, 4.69) is 0 Å². The number of halogens is 2. The van der Waals surface area contributed by atoms with E-state index in [1.165, 1.54) is 0 Å². The van der Waals surface area contributed by atoms with Crippen LogP contribution in [-0.2, 0) is 6.54 Å². The van der Waals surface area contributed by atoms with E-state index in [9.17, 15) is 4.79 Å². The minimum absolute atomic E-state index is 0.0603. The van der Waals surface area contributed by atoms with Gasteiger partial charge in [-0.3, -0.25) is 13.8 Å². The SMILES string of the molecule is O=c1c2ccccc2c2nc3ccc(Cl)cn3c2n1Cc1ccc(Cl)cc1. The van der Waals surface area contributed by atoms with Crippen molar-refractivity contribution in [3.63, 3.8) is 0 Å². The third-order valence-electron chi connectivity index (χ3n) is 4.72. The van der Waals surface area contributed by atoms with Gasteiger partial charge in [-0.05, 0) is 35.9 Å². The molecule has 0 aliphatic heterocycles. The molecule has 0 amide bonds. The molecule has 0 unspecified atom stereocenters. The van der Waals surface area contributed by atoms with Crippen LogP contribution >= 0.6 is 23.2 Å². The quantitative estimate of drug-likeness (QED) is 0.415. The lowest BCUT2D eigenvalue weighted by Crippen LogP contribution is -2.22. The molecule has 0 aliphatic rings. The number of benzene rings is 2. The van der Waals surface area contributed by atoms with Gasteiger partial charge in [0.2, 0.25) is 0 Å². The van der Waals surface area contributed by atoms with Gasteiger partial charge in [-0.15, -0.1) is 0 Å². The molecule has 0 spiro atoms. The first-order valence-corrected chi connectivity index (χ1v) is 9.21. The monoisotopic (exact) mass is 393 g/mol. The van der Waals surface area contributed by atoms with Crippen LogP contribution in [0.3, 0.4) is 0 Å². The highest BCUT2D eigenvalue weighted by atomic mass is 35.5.